The number of benzene rings is 2. The van der Waals surface area contributed by atoms with Crippen molar-refractivity contribution in [3.8, 4) is 5.75 Å². The summed E-state index contributed by atoms with van der Waals surface area (Å²) in [4.78, 5) is 21.7. The van der Waals surface area contributed by atoms with Gasteiger partial charge in [-0.15, -0.1) is 0 Å². The van der Waals surface area contributed by atoms with Crippen LogP contribution in [0.15, 0.2) is 30.3 Å². The first-order valence-electron chi connectivity index (χ1n) is 4.58. The number of aromatic carboxylic acids is 1. The molecule has 0 spiro atoms. The first-order chi connectivity index (χ1) is 7.65. The van der Waals surface area contributed by atoms with Crippen molar-refractivity contribution in [2.75, 3.05) is 0 Å². The van der Waals surface area contributed by atoms with Gasteiger partial charge in [-0.25, -0.2) is 4.79 Å². The molecule has 4 nitrogen and oxygen atoms in total. The van der Waals surface area contributed by atoms with E-state index in [1.807, 2.05) is 0 Å². The molecule has 0 saturated heterocycles. The van der Waals surface area contributed by atoms with Gasteiger partial charge < -0.3 is 10.2 Å². The van der Waals surface area contributed by atoms with Crippen molar-refractivity contribution >= 4 is 23.0 Å². The maximum atomic E-state index is 10.9. The van der Waals surface area contributed by atoms with Crippen LogP contribution in [0, 0.1) is 0 Å². The number of aldehydes is 1. The van der Waals surface area contributed by atoms with Crippen LogP contribution in [0.4, 0.5) is 0 Å². The predicted molar refractivity (Wildman–Crippen MR) is 58.0 cm³/mol. The van der Waals surface area contributed by atoms with Gasteiger partial charge >= 0.3 is 5.97 Å². The van der Waals surface area contributed by atoms with Crippen LogP contribution in [-0.4, -0.2) is 22.5 Å². The van der Waals surface area contributed by atoms with Crippen LogP contribution in [-0.2, 0) is 0 Å². The lowest BCUT2D eigenvalue weighted by Crippen LogP contribution is -1.99. The summed E-state index contributed by atoms with van der Waals surface area (Å²) in [5, 5.41) is 19.7. The van der Waals surface area contributed by atoms with Gasteiger partial charge in [0.05, 0.1) is 5.56 Å². The summed E-state index contributed by atoms with van der Waals surface area (Å²) in [7, 11) is 0. The largest absolute Gasteiger partial charge is 0.506 e. The lowest BCUT2D eigenvalue weighted by molar-refractivity contribution is 0.0694. The summed E-state index contributed by atoms with van der Waals surface area (Å²) in [5.74, 6) is -1.74. The number of fused-ring (bicyclic) bond motifs is 1. The van der Waals surface area contributed by atoms with E-state index in [-0.39, 0.29) is 11.1 Å². The zero-order chi connectivity index (χ0) is 11.7. The predicted octanol–water partition coefficient (Wildman–Crippen LogP) is 2.06. The van der Waals surface area contributed by atoms with Gasteiger partial charge in [-0.05, 0) is 16.8 Å². The Balaban J connectivity index is 2.93. The Morgan fingerprint density at radius 1 is 1.25 bits per heavy atom. The van der Waals surface area contributed by atoms with Gasteiger partial charge in [-0.3, -0.25) is 4.79 Å². The number of carboxylic acids is 1. The van der Waals surface area contributed by atoms with Crippen LogP contribution in [0.2, 0.25) is 0 Å². The lowest BCUT2D eigenvalue weighted by Gasteiger charge is -2.06. The SMILES string of the molecule is O=Cc1c(O)c(C(=O)O)cc2ccccc12. The van der Waals surface area contributed by atoms with Crippen LogP contribution in [0.1, 0.15) is 20.7 Å². The molecule has 0 aliphatic heterocycles. The standard InChI is InChI=1S/C12H8O4/c13-6-10-8-4-2-1-3-7(8)5-9(11(10)14)12(15)16/h1-6,14H,(H,15,16). The molecule has 2 aromatic rings. The summed E-state index contributed by atoms with van der Waals surface area (Å²) < 4.78 is 0. The number of carboxylic acid groups (broad SMARTS) is 1. The Hall–Kier alpha value is -2.36. The molecule has 2 rings (SSSR count). The fourth-order valence-electron chi connectivity index (χ4n) is 1.65. The van der Waals surface area contributed by atoms with Crippen molar-refractivity contribution in [1.29, 1.82) is 0 Å². The molecule has 0 saturated carbocycles. The van der Waals surface area contributed by atoms with Gasteiger partial charge in [0.25, 0.3) is 0 Å². The molecule has 0 amide bonds. The zero-order valence-electron chi connectivity index (χ0n) is 8.18. The van der Waals surface area contributed by atoms with Gasteiger partial charge in [0.2, 0.25) is 0 Å². The van der Waals surface area contributed by atoms with E-state index in [4.69, 9.17) is 5.11 Å². The third-order valence-corrected chi connectivity index (χ3v) is 2.41. The van der Waals surface area contributed by atoms with Crippen LogP contribution in [0.5, 0.6) is 5.75 Å². The molecular formula is C12H8O4. The number of carbonyl (C=O) groups excluding carboxylic acids is 1. The molecule has 4 heteroatoms. The molecule has 0 fully saturated rings. The van der Waals surface area contributed by atoms with E-state index < -0.39 is 11.7 Å². The van der Waals surface area contributed by atoms with E-state index in [9.17, 15) is 14.7 Å². The molecule has 0 atom stereocenters. The molecule has 0 aromatic heterocycles. The third kappa shape index (κ3) is 1.40. The fourth-order valence-corrected chi connectivity index (χ4v) is 1.65. The maximum absolute atomic E-state index is 10.9. The van der Waals surface area contributed by atoms with E-state index in [0.717, 1.165) is 0 Å². The van der Waals surface area contributed by atoms with Crippen molar-refractivity contribution in [3.63, 3.8) is 0 Å². The molecule has 0 aliphatic rings. The van der Waals surface area contributed by atoms with Crippen molar-refractivity contribution in [2.45, 2.75) is 0 Å². The van der Waals surface area contributed by atoms with E-state index >= 15 is 0 Å². The van der Waals surface area contributed by atoms with E-state index in [1.165, 1.54) is 6.07 Å². The second-order valence-electron chi connectivity index (χ2n) is 3.33. The minimum Gasteiger partial charge on any atom is -0.506 e. The number of phenols is 1. The van der Waals surface area contributed by atoms with Gasteiger partial charge in [0.1, 0.15) is 11.3 Å². The monoisotopic (exact) mass is 216 g/mol. The maximum Gasteiger partial charge on any atom is 0.339 e. The second kappa shape index (κ2) is 3.66. The van der Waals surface area contributed by atoms with E-state index in [2.05, 4.69) is 0 Å². The summed E-state index contributed by atoms with van der Waals surface area (Å²) >= 11 is 0. The Labute approximate surface area is 90.8 Å². The lowest BCUT2D eigenvalue weighted by atomic mass is 10.00. The van der Waals surface area contributed by atoms with Crippen LogP contribution < -0.4 is 0 Å². The van der Waals surface area contributed by atoms with Crippen LogP contribution >= 0.6 is 0 Å². The quantitative estimate of drug-likeness (QED) is 0.753. The highest BCUT2D eigenvalue weighted by Crippen LogP contribution is 2.29. The topological polar surface area (TPSA) is 74.6 Å². The molecule has 16 heavy (non-hydrogen) atoms. The molecule has 2 N–H and O–H groups in total. The molecule has 0 radical (unpaired) electrons. The van der Waals surface area contributed by atoms with Crippen molar-refractivity contribution in [1.82, 2.24) is 0 Å². The van der Waals surface area contributed by atoms with Crippen LogP contribution in [0.25, 0.3) is 10.8 Å². The molecule has 0 aliphatic carbocycles. The normalized spacial score (nSPS) is 10.2. The van der Waals surface area contributed by atoms with Gasteiger partial charge in [0.15, 0.2) is 6.29 Å². The molecule has 2 aromatic carbocycles. The highest BCUT2D eigenvalue weighted by molar-refractivity contribution is 6.06. The summed E-state index contributed by atoms with van der Waals surface area (Å²) in [6.45, 7) is 0. The molecule has 0 unspecified atom stereocenters. The van der Waals surface area contributed by atoms with Crippen LogP contribution in [0.3, 0.4) is 0 Å². The minimum absolute atomic E-state index is 0.00972. The van der Waals surface area contributed by atoms with Gasteiger partial charge in [-0.1, -0.05) is 24.3 Å². The average molecular weight is 216 g/mol. The first kappa shape index (κ1) is 10.2. The number of hydrogen-bond acceptors (Lipinski definition) is 3. The second-order valence-corrected chi connectivity index (χ2v) is 3.33. The molecular weight excluding hydrogens is 208 g/mol. The Kier molecular flexibility index (Phi) is 2.32. The van der Waals surface area contributed by atoms with E-state index in [0.29, 0.717) is 17.1 Å². The summed E-state index contributed by atoms with van der Waals surface area (Å²) in [6, 6.07) is 8.15. The number of rotatable bonds is 2. The van der Waals surface area contributed by atoms with E-state index in [1.54, 1.807) is 24.3 Å². The number of carbonyl (C=O) groups is 2. The molecule has 80 valence electrons. The first-order valence-corrected chi connectivity index (χ1v) is 4.58. The smallest absolute Gasteiger partial charge is 0.339 e. The van der Waals surface area contributed by atoms with Crippen molar-refractivity contribution < 1.29 is 19.8 Å². The highest BCUT2D eigenvalue weighted by Gasteiger charge is 2.16. The van der Waals surface area contributed by atoms with Gasteiger partial charge in [-0.2, -0.15) is 0 Å². The van der Waals surface area contributed by atoms with Crippen molar-refractivity contribution in [3.05, 3.63) is 41.5 Å². The van der Waals surface area contributed by atoms with Crippen molar-refractivity contribution in [2.24, 2.45) is 0 Å². The molecule has 0 heterocycles. The fraction of sp³-hybridized carbons (Fsp3) is 0. The Morgan fingerprint density at radius 3 is 2.56 bits per heavy atom. The zero-order valence-corrected chi connectivity index (χ0v) is 8.18. The Morgan fingerprint density at radius 2 is 1.94 bits per heavy atom. The average Bonchev–Trinajstić information content (AvgIpc) is 2.28. The Bertz CT molecular complexity index is 587. The molecule has 0 bridgehead atoms. The van der Waals surface area contributed by atoms with Gasteiger partial charge in [0, 0.05) is 0 Å². The summed E-state index contributed by atoms with van der Waals surface area (Å²) in [5.41, 5.74) is -0.253. The third-order valence-electron chi connectivity index (χ3n) is 2.41. The minimum atomic E-state index is -1.26. The number of aromatic hydroxyl groups is 1. The highest BCUT2D eigenvalue weighted by atomic mass is 16.4. The summed E-state index contributed by atoms with van der Waals surface area (Å²) in [6.07, 6.45) is 0.462. The number of hydrogen-bond donors (Lipinski definition) is 2.